The second kappa shape index (κ2) is 6.94. The van der Waals surface area contributed by atoms with Gasteiger partial charge in [0.05, 0.1) is 0 Å². The van der Waals surface area contributed by atoms with E-state index in [-0.39, 0.29) is 5.78 Å². The number of thiophene rings is 1. The van der Waals surface area contributed by atoms with Crippen LogP contribution >= 0.6 is 11.3 Å². The molecule has 0 unspecified atom stereocenters. The van der Waals surface area contributed by atoms with Crippen molar-refractivity contribution in [3.63, 3.8) is 0 Å². The summed E-state index contributed by atoms with van der Waals surface area (Å²) in [5, 5.41) is 2.84. The maximum absolute atomic E-state index is 12.3. The number of carbonyl (C=O) groups is 1. The van der Waals surface area contributed by atoms with Gasteiger partial charge in [0.2, 0.25) is 0 Å². The lowest BCUT2D eigenvalue weighted by Gasteiger charge is -2.06. The highest BCUT2D eigenvalue weighted by molar-refractivity contribution is 7.10. The highest BCUT2D eigenvalue weighted by Crippen LogP contribution is 2.27. The molecular formula is C22H14O3S. The molecule has 0 aliphatic rings. The van der Waals surface area contributed by atoms with Crippen molar-refractivity contribution >= 4 is 34.2 Å². The number of benzene rings is 2. The summed E-state index contributed by atoms with van der Waals surface area (Å²) < 4.78 is 5.24. The molecule has 0 atom stereocenters. The van der Waals surface area contributed by atoms with E-state index in [1.165, 1.54) is 6.07 Å². The quantitative estimate of drug-likeness (QED) is 0.278. The molecule has 4 aromatic rings. The van der Waals surface area contributed by atoms with Crippen molar-refractivity contribution in [3.05, 3.63) is 99.0 Å². The Morgan fingerprint density at radius 1 is 0.962 bits per heavy atom. The summed E-state index contributed by atoms with van der Waals surface area (Å²) in [4.78, 5) is 25.2. The van der Waals surface area contributed by atoms with Gasteiger partial charge in [-0.3, -0.25) is 4.79 Å². The smallest absolute Gasteiger partial charge is 0.336 e. The second-order valence-corrected chi connectivity index (χ2v) is 6.74. The molecule has 0 amide bonds. The van der Waals surface area contributed by atoms with Crippen LogP contribution in [0.4, 0.5) is 0 Å². The van der Waals surface area contributed by atoms with Crippen LogP contribution in [0.1, 0.15) is 15.2 Å². The average Bonchev–Trinajstić information content (AvgIpc) is 3.19. The first-order valence-corrected chi connectivity index (χ1v) is 8.98. The summed E-state index contributed by atoms with van der Waals surface area (Å²) in [6.45, 7) is 0. The van der Waals surface area contributed by atoms with E-state index in [1.807, 2.05) is 53.9 Å². The predicted octanol–water partition coefficient (Wildman–Crippen LogP) is 5.42. The molecule has 0 spiro atoms. The molecule has 0 saturated heterocycles. The van der Waals surface area contributed by atoms with Gasteiger partial charge in [0.15, 0.2) is 5.78 Å². The van der Waals surface area contributed by atoms with Crippen molar-refractivity contribution in [2.24, 2.45) is 0 Å². The normalized spacial score (nSPS) is 11.2. The standard InChI is InChI=1S/C22H14O3S/c23-20(12-11-17-4-3-13-26-17)16-9-7-15(8-10-16)19-14-22(24)25-21-6-2-1-5-18(19)21/h1-14H. The Hall–Kier alpha value is -3.24. The van der Waals surface area contributed by atoms with Gasteiger partial charge in [0, 0.05) is 21.9 Å². The van der Waals surface area contributed by atoms with Crippen molar-refractivity contribution in [3.8, 4) is 11.1 Å². The maximum Gasteiger partial charge on any atom is 0.336 e. The van der Waals surface area contributed by atoms with Crippen LogP contribution in [0.3, 0.4) is 0 Å². The third kappa shape index (κ3) is 3.27. The average molecular weight is 358 g/mol. The van der Waals surface area contributed by atoms with Gasteiger partial charge in [-0.05, 0) is 40.8 Å². The van der Waals surface area contributed by atoms with Gasteiger partial charge in [0.1, 0.15) is 5.58 Å². The number of carbonyl (C=O) groups excluding carboxylic acids is 1. The minimum Gasteiger partial charge on any atom is -0.423 e. The lowest BCUT2D eigenvalue weighted by atomic mass is 10.00. The van der Waals surface area contributed by atoms with Crippen LogP contribution in [0.25, 0.3) is 28.2 Å². The third-order valence-corrected chi connectivity index (χ3v) is 4.91. The van der Waals surface area contributed by atoms with Gasteiger partial charge in [-0.15, -0.1) is 11.3 Å². The van der Waals surface area contributed by atoms with Gasteiger partial charge in [-0.2, -0.15) is 0 Å². The van der Waals surface area contributed by atoms with Gasteiger partial charge >= 0.3 is 5.63 Å². The zero-order valence-electron chi connectivity index (χ0n) is 13.7. The number of hydrogen-bond acceptors (Lipinski definition) is 4. The fraction of sp³-hybridized carbons (Fsp3) is 0. The van der Waals surface area contributed by atoms with Crippen molar-refractivity contribution in [2.75, 3.05) is 0 Å². The number of allylic oxidation sites excluding steroid dienone is 1. The van der Waals surface area contributed by atoms with Crippen LogP contribution in [0.15, 0.2) is 87.4 Å². The molecule has 26 heavy (non-hydrogen) atoms. The van der Waals surface area contributed by atoms with Crippen LogP contribution in [-0.4, -0.2) is 5.78 Å². The highest BCUT2D eigenvalue weighted by Gasteiger charge is 2.08. The summed E-state index contributed by atoms with van der Waals surface area (Å²) in [5.41, 5.74) is 2.43. The van der Waals surface area contributed by atoms with E-state index in [0.29, 0.717) is 11.1 Å². The predicted molar refractivity (Wildman–Crippen MR) is 106 cm³/mol. The maximum atomic E-state index is 12.3. The number of ketones is 1. The SMILES string of the molecule is O=C(C=Cc1cccs1)c1ccc(-c2cc(=O)oc3ccccc23)cc1. The fourth-order valence-electron chi connectivity index (χ4n) is 2.80. The van der Waals surface area contributed by atoms with Crippen molar-refractivity contribution in [2.45, 2.75) is 0 Å². The van der Waals surface area contributed by atoms with Crippen LogP contribution in [-0.2, 0) is 0 Å². The van der Waals surface area contributed by atoms with E-state index in [0.717, 1.165) is 21.4 Å². The lowest BCUT2D eigenvalue weighted by Crippen LogP contribution is -1.98. The molecule has 0 N–H and O–H groups in total. The largest absolute Gasteiger partial charge is 0.423 e. The molecule has 2 aromatic carbocycles. The molecule has 0 bridgehead atoms. The summed E-state index contributed by atoms with van der Waals surface area (Å²) in [6.07, 6.45) is 3.39. The molecule has 2 aromatic heterocycles. The summed E-state index contributed by atoms with van der Waals surface area (Å²) in [7, 11) is 0. The summed E-state index contributed by atoms with van der Waals surface area (Å²) >= 11 is 1.58. The highest BCUT2D eigenvalue weighted by atomic mass is 32.1. The monoisotopic (exact) mass is 358 g/mol. The Morgan fingerprint density at radius 3 is 2.54 bits per heavy atom. The fourth-order valence-corrected chi connectivity index (χ4v) is 3.42. The van der Waals surface area contributed by atoms with Crippen LogP contribution in [0, 0.1) is 0 Å². The van der Waals surface area contributed by atoms with Crippen LogP contribution in [0.5, 0.6) is 0 Å². The number of hydrogen-bond donors (Lipinski definition) is 0. The molecule has 0 saturated carbocycles. The van der Waals surface area contributed by atoms with Gasteiger partial charge < -0.3 is 4.42 Å². The molecular weight excluding hydrogens is 344 g/mol. The molecule has 0 radical (unpaired) electrons. The molecule has 126 valence electrons. The minimum atomic E-state index is -0.391. The topological polar surface area (TPSA) is 47.3 Å². The number of rotatable bonds is 4. The zero-order valence-corrected chi connectivity index (χ0v) is 14.5. The van der Waals surface area contributed by atoms with Crippen molar-refractivity contribution in [1.82, 2.24) is 0 Å². The van der Waals surface area contributed by atoms with Gasteiger partial charge in [-0.25, -0.2) is 4.79 Å². The lowest BCUT2D eigenvalue weighted by molar-refractivity contribution is 0.104. The Kier molecular flexibility index (Phi) is 4.33. The Bertz CT molecular complexity index is 1150. The first-order valence-electron chi connectivity index (χ1n) is 8.10. The Balaban J connectivity index is 1.66. The zero-order chi connectivity index (χ0) is 17.9. The van der Waals surface area contributed by atoms with Crippen LogP contribution < -0.4 is 5.63 Å². The number of para-hydroxylation sites is 1. The first kappa shape index (κ1) is 16.2. The first-order chi connectivity index (χ1) is 12.7. The van der Waals surface area contributed by atoms with E-state index < -0.39 is 5.63 Å². The molecule has 0 aliphatic carbocycles. The van der Waals surface area contributed by atoms with Crippen LogP contribution in [0.2, 0.25) is 0 Å². The third-order valence-electron chi connectivity index (χ3n) is 4.07. The van der Waals surface area contributed by atoms with Gasteiger partial charge in [0.25, 0.3) is 0 Å². The molecule has 0 fully saturated rings. The molecule has 4 rings (SSSR count). The molecule has 0 aliphatic heterocycles. The van der Waals surface area contributed by atoms with E-state index in [2.05, 4.69) is 0 Å². The van der Waals surface area contributed by atoms with E-state index in [4.69, 9.17) is 4.42 Å². The van der Waals surface area contributed by atoms with E-state index in [1.54, 1.807) is 35.6 Å². The molecule has 4 heteroatoms. The van der Waals surface area contributed by atoms with Crippen molar-refractivity contribution < 1.29 is 9.21 Å². The van der Waals surface area contributed by atoms with E-state index in [9.17, 15) is 9.59 Å². The number of fused-ring (bicyclic) bond motifs is 1. The van der Waals surface area contributed by atoms with Crippen molar-refractivity contribution in [1.29, 1.82) is 0 Å². The summed E-state index contributed by atoms with van der Waals surface area (Å²) in [6, 6.07) is 20.1. The Labute approximate surface area is 153 Å². The Morgan fingerprint density at radius 2 is 1.77 bits per heavy atom. The molecule has 3 nitrogen and oxygen atoms in total. The second-order valence-electron chi connectivity index (χ2n) is 5.77. The minimum absolute atomic E-state index is 0.0533. The summed E-state index contributed by atoms with van der Waals surface area (Å²) in [5.74, 6) is -0.0533. The van der Waals surface area contributed by atoms with Gasteiger partial charge in [-0.1, -0.05) is 48.5 Å². The van der Waals surface area contributed by atoms with E-state index >= 15 is 0 Å². The molecule has 2 heterocycles.